The van der Waals surface area contributed by atoms with Crippen LogP contribution in [0.15, 0.2) is 42.5 Å². The Balaban J connectivity index is 2.64. The van der Waals surface area contributed by atoms with E-state index in [1.54, 1.807) is 0 Å². The minimum atomic E-state index is 0.0107. The second-order valence-electron chi connectivity index (χ2n) is 5.77. The molecule has 1 aromatic heterocycles. The van der Waals surface area contributed by atoms with Crippen molar-refractivity contribution in [2.24, 2.45) is 0 Å². The van der Waals surface area contributed by atoms with Crippen LogP contribution in [-0.2, 0) is 5.54 Å². The predicted molar refractivity (Wildman–Crippen MR) is 78.9 cm³/mol. The summed E-state index contributed by atoms with van der Waals surface area (Å²) in [6.45, 7) is 6.64. The number of nitrogen functional groups attached to an aromatic ring is 1. The van der Waals surface area contributed by atoms with Gasteiger partial charge in [0, 0.05) is 21.8 Å². The highest BCUT2D eigenvalue weighted by Gasteiger charge is 2.21. The van der Waals surface area contributed by atoms with Crippen molar-refractivity contribution in [2.75, 3.05) is 5.73 Å². The average molecular weight is 238 g/mol. The smallest absolute Gasteiger partial charge is 0.0729 e. The summed E-state index contributed by atoms with van der Waals surface area (Å²) in [4.78, 5) is 0. The highest BCUT2D eigenvalue weighted by atomic mass is 15.1. The van der Waals surface area contributed by atoms with E-state index in [0.717, 1.165) is 11.2 Å². The normalized spacial score (nSPS) is 12.4. The fourth-order valence-electron chi connectivity index (χ4n) is 2.74. The molecule has 0 aliphatic heterocycles. The molecule has 3 aromatic rings. The van der Waals surface area contributed by atoms with Crippen LogP contribution in [0.3, 0.4) is 0 Å². The molecule has 0 amide bonds. The Labute approximate surface area is 107 Å². The molecule has 0 fully saturated rings. The first-order valence-corrected chi connectivity index (χ1v) is 6.28. The van der Waals surface area contributed by atoms with E-state index in [0.29, 0.717) is 0 Å². The molecule has 0 unspecified atom stereocenters. The van der Waals surface area contributed by atoms with Crippen LogP contribution in [0.25, 0.3) is 21.8 Å². The van der Waals surface area contributed by atoms with Gasteiger partial charge in [-0.25, -0.2) is 0 Å². The molecule has 0 aliphatic rings. The zero-order valence-electron chi connectivity index (χ0n) is 11.1. The van der Waals surface area contributed by atoms with Gasteiger partial charge in [0.1, 0.15) is 0 Å². The van der Waals surface area contributed by atoms with Gasteiger partial charge in [0.15, 0.2) is 0 Å². The van der Waals surface area contributed by atoms with Crippen molar-refractivity contribution in [3.63, 3.8) is 0 Å². The van der Waals surface area contributed by atoms with E-state index in [2.05, 4.69) is 55.7 Å². The van der Waals surface area contributed by atoms with Crippen LogP contribution in [0.2, 0.25) is 0 Å². The quantitative estimate of drug-likeness (QED) is 0.586. The van der Waals surface area contributed by atoms with Gasteiger partial charge in [0.2, 0.25) is 0 Å². The highest BCUT2D eigenvalue weighted by Crippen LogP contribution is 2.36. The molecule has 0 bridgehead atoms. The van der Waals surface area contributed by atoms with Gasteiger partial charge >= 0.3 is 0 Å². The van der Waals surface area contributed by atoms with Gasteiger partial charge < -0.3 is 10.3 Å². The zero-order chi connectivity index (χ0) is 12.9. The maximum atomic E-state index is 6.20. The molecule has 3 rings (SSSR count). The minimum Gasteiger partial charge on any atom is -0.397 e. The van der Waals surface area contributed by atoms with Crippen LogP contribution >= 0.6 is 0 Å². The van der Waals surface area contributed by atoms with E-state index in [-0.39, 0.29) is 5.54 Å². The van der Waals surface area contributed by atoms with Gasteiger partial charge in [0.25, 0.3) is 0 Å². The van der Waals surface area contributed by atoms with E-state index in [1.165, 1.54) is 16.3 Å². The summed E-state index contributed by atoms with van der Waals surface area (Å²) in [6.07, 6.45) is 0. The van der Waals surface area contributed by atoms with Crippen LogP contribution < -0.4 is 5.73 Å². The lowest BCUT2D eigenvalue weighted by Gasteiger charge is -2.24. The number of fused-ring (bicyclic) bond motifs is 3. The molecule has 0 saturated carbocycles. The molecule has 18 heavy (non-hydrogen) atoms. The molecule has 2 N–H and O–H groups in total. The zero-order valence-corrected chi connectivity index (χ0v) is 11.1. The maximum absolute atomic E-state index is 6.20. The largest absolute Gasteiger partial charge is 0.397 e. The second-order valence-corrected chi connectivity index (χ2v) is 5.77. The molecule has 2 heteroatoms. The molecule has 0 atom stereocenters. The van der Waals surface area contributed by atoms with E-state index in [4.69, 9.17) is 5.73 Å². The number of benzene rings is 2. The third kappa shape index (κ3) is 1.42. The summed E-state index contributed by atoms with van der Waals surface area (Å²) < 4.78 is 2.34. The number of rotatable bonds is 0. The summed E-state index contributed by atoms with van der Waals surface area (Å²) in [5.74, 6) is 0. The Morgan fingerprint density at radius 2 is 1.56 bits per heavy atom. The predicted octanol–water partition coefficient (Wildman–Crippen LogP) is 4.13. The molecule has 0 aliphatic carbocycles. The van der Waals surface area contributed by atoms with E-state index in [9.17, 15) is 0 Å². The van der Waals surface area contributed by atoms with E-state index < -0.39 is 0 Å². The number of hydrogen-bond acceptors (Lipinski definition) is 1. The standard InChI is InChI=1S/C16H18N2/c1-16(2,3)18-14-10-5-4-7-11(14)12-8-6-9-13(17)15(12)18/h4-10H,17H2,1-3H3. The topological polar surface area (TPSA) is 30.9 Å². The third-order valence-corrected chi connectivity index (χ3v) is 3.40. The number of nitrogens with zero attached hydrogens (tertiary/aromatic N) is 1. The third-order valence-electron chi connectivity index (χ3n) is 3.40. The Morgan fingerprint density at radius 1 is 0.889 bits per heavy atom. The molecule has 0 spiro atoms. The highest BCUT2D eigenvalue weighted by molar-refractivity contribution is 6.11. The maximum Gasteiger partial charge on any atom is 0.0729 e. The molecular formula is C16H18N2. The molecule has 2 aromatic carbocycles. The van der Waals surface area contributed by atoms with Gasteiger partial charge in [0.05, 0.1) is 11.2 Å². The van der Waals surface area contributed by atoms with Crippen molar-refractivity contribution in [1.82, 2.24) is 4.57 Å². The summed E-state index contributed by atoms with van der Waals surface area (Å²) in [5, 5.41) is 2.51. The first kappa shape index (κ1) is 11.1. The van der Waals surface area contributed by atoms with Crippen molar-refractivity contribution >= 4 is 27.5 Å². The first-order chi connectivity index (χ1) is 8.50. The Morgan fingerprint density at radius 3 is 2.28 bits per heavy atom. The number of nitrogens with two attached hydrogens (primary N) is 1. The fourth-order valence-corrected chi connectivity index (χ4v) is 2.74. The lowest BCUT2D eigenvalue weighted by atomic mass is 10.1. The first-order valence-electron chi connectivity index (χ1n) is 6.28. The van der Waals surface area contributed by atoms with Crippen LogP contribution in [-0.4, -0.2) is 4.57 Å². The second kappa shape index (κ2) is 3.52. The van der Waals surface area contributed by atoms with Gasteiger partial charge in [-0.3, -0.25) is 0 Å². The molecular weight excluding hydrogens is 220 g/mol. The summed E-state index contributed by atoms with van der Waals surface area (Å²) >= 11 is 0. The van der Waals surface area contributed by atoms with Crippen molar-refractivity contribution in [2.45, 2.75) is 26.3 Å². The molecule has 2 nitrogen and oxygen atoms in total. The lowest BCUT2D eigenvalue weighted by molar-refractivity contribution is 0.423. The molecule has 0 radical (unpaired) electrons. The van der Waals surface area contributed by atoms with Crippen molar-refractivity contribution in [3.8, 4) is 0 Å². The van der Waals surface area contributed by atoms with Crippen LogP contribution in [0, 0.1) is 0 Å². The Kier molecular flexibility index (Phi) is 2.18. The summed E-state index contributed by atoms with van der Waals surface area (Å²) in [6, 6.07) is 14.6. The van der Waals surface area contributed by atoms with E-state index in [1.807, 2.05) is 12.1 Å². The fraction of sp³-hybridized carbons (Fsp3) is 0.250. The summed E-state index contributed by atoms with van der Waals surface area (Å²) in [7, 11) is 0. The Hall–Kier alpha value is -1.96. The summed E-state index contributed by atoms with van der Waals surface area (Å²) in [5.41, 5.74) is 9.45. The SMILES string of the molecule is CC(C)(C)n1c2ccccc2c2cccc(N)c21. The van der Waals surface area contributed by atoms with Gasteiger partial charge in [-0.05, 0) is 32.9 Å². The van der Waals surface area contributed by atoms with Crippen LogP contribution in [0.4, 0.5) is 5.69 Å². The van der Waals surface area contributed by atoms with Crippen LogP contribution in [0.5, 0.6) is 0 Å². The minimum absolute atomic E-state index is 0.0107. The average Bonchev–Trinajstić information content (AvgIpc) is 2.65. The van der Waals surface area contributed by atoms with Gasteiger partial charge in [-0.1, -0.05) is 30.3 Å². The number of aromatic nitrogens is 1. The monoisotopic (exact) mass is 238 g/mol. The van der Waals surface area contributed by atoms with Crippen molar-refractivity contribution < 1.29 is 0 Å². The van der Waals surface area contributed by atoms with Crippen molar-refractivity contribution in [3.05, 3.63) is 42.5 Å². The van der Waals surface area contributed by atoms with Gasteiger partial charge in [-0.15, -0.1) is 0 Å². The number of para-hydroxylation sites is 2. The number of anilines is 1. The Bertz CT molecular complexity index is 730. The number of hydrogen-bond donors (Lipinski definition) is 1. The molecule has 1 heterocycles. The van der Waals surface area contributed by atoms with E-state index >= 15 is 0 Å². The van der Waals surface area contributed by atoms with Crippen molar-refractivity contribution in [1.29, 1.82) is 0 Å². The molecule has 92 valence electrons. The van der Waals surface area contributed by atoms with Gasteiger partial charge in [-0.2, -0.15) is 0 Å². The lowest BCUT2D eigenvalue weighted by Crippen LogP contribution is -2.21. The molecule has 0 saturated heterocycles. The van der Waals surface area contributed by atoms with Crippen LogP contribution in [0.1, 0.15) is 20.8 Å².